The number of benzene rings is 2. The van der Waals surface area contributed by atoms with Gasteiger partial charge in [-0.15, -0.1) is 0 Å². The van der Waals surface area contributed by atoms with Crippen LogP contribution in [0.1, 0.15) is 42.4 Å². The van der Waals surface area contributed by atoms with E-state index in [1.165, 1.54) is 67.7 Å². The normalized spacial score (nSPS) is 15.9. The largest absolute Gasteiger partial charge is 0.374 e. The third kappa shape index (κ3) is 6.60. The first-order chi connectivity index (χ1) is 14.7. The molecule has 0 saturated carbocycles. The average molecular weight is 408 g/mol. The van der Waals surface area contributed by atoms with Crippen molar-refractivity contribution >= 4 is 11.6 Å². The molecule has 4 nitrogen and oxygen atoms in total. The maximum atomic E-state index is 11.3. The minimum atomic E-state index is 0.112. The van der Waals surface area contributed by atoms with Crippen molar-refractivity contribution in [2.45, 2.75) is 44.9 Å². The van der Waals surface area contributed by atoms with Gasteiger partial charge in [-0.25, -0.2) is 0 Å². The van der Waals surface area contributed by atoms with Crippen LogP contribution in [-0.2, 0) is 24.1 Å². The Morgan fingerprint density at radius 3 is 2.43 bits per heavy atom. The van der Waals surface area contributed by atoms with Crippen molar-refractivity contribution in [2.24, 2.45) is 0 Å². The molecular weight excluding hydrogens is 370 g/mol. The number of rotatable bonds is 6. The molecule has 1 fully saturated rings. The van der Waals surface area contributed by atoms with Crippen LogP contribution in [0.3, 0.4) is 0 Å². The predicted molar refractivity (Wildman–Crippen MR) is 126 cm³/mol. The first kappa shape index (κ1) is 22.4. The molecule has 0 bridgehead atoms. The van der Waals surface area contributed by atoms with Gasteiger partial charge in [0.15, 0.2) is 0 Å². The Hall–Kier alpha value is -2.33. The summed E-state index contributed by atoms with van der Waals surface area (Å²) in [7, 11) is 3.83. The zero-order valence-corrected chi connectivity index (χ0v) is 18.7. The molecule has 162 valence electrons. The van der Waals surface area contributed by atoms with E-state index in [1.54, 1.807) is 7.05 Å². The molecular formula is C26H37N3O. The first-order valence-electron chi connectivity index (χ1n) is 11.5. The molecule has 0 atom stereocenters. The van der Waals surface area contributed by atoms with E-state index in [0.717, 1.165) is 19.4 Å². The molecule has 0 radical (unpaired) electrons. The lowest BCUT2D eigenvalue weighted by Gasteiger charge is -2.30. The minimum Gasteiger partial charge on any atom is -0.374 e. The van der Waals surface area contributed by atoms with E-state index in [9.17, 15) is 4.79 Å². The Morgan fingerprint density at radius 1 is 0.933 bits per heavy atom. The summed E-state index contributed by atoms with van der Waals surface area (Å²) < 4.78 is 0. The third-order valence-corrected chi connectivity index (χ3v) is 6.18. The second-order valence-electron chi connectivity index (χ2n) is 8.41. The van der Waals surface area contributed by atoms with Crippen LogP contribution in [0.25, 0.3) is 0 Å². The highest BCUT2D eigenvalue weighted by atomic mass is 16.1. The highest BCUT2D eigenvalue weighted by Gasteiger charge is 2.17. The molecule has 2 heterocycles. The van der Waals surface area contributed by atoms with E-state index in [-0.39, 0.29) is 5.91 Å². The summed E-state index contributed by atoms with van der Waals surface area (Å²) in [5.41, 5.74) is 5.54. The molecule has 1 amide bonds. The molecule has 1 saturated heterocycles. The van der Waals surface area contributed by atoms with Crippen molar-refractivity contribution in [1.82, 2.24) is 10.2 Å². The van der Waals surface area contributed by atoms with Gasteiger partial charge >= 0.3 is 0 Å². The van der Waals surface area contributed by atoms with Crippen molar-refractivity contribution in [3.8, 4) is 0 Å². The summed E-state index contributed by atoms with van der Waals surface area (Å²) in [6.45, 7) is 4.98. The van der Waals surface area contributed by atoms with E-state index >= 15 is 0 Å². The number of aryl methyl sites for hydroxylation is 2. The fourth-order valence-electron chi connectivity index (χ4n) is 4.47. The summed E-state index contributed by atoms with van der Waals surface area (Å²) in [5, 5.41) is 2.67. The topological polar surface area (TPSA) is 35.6 Å². The zero-order valence-electron chi connectivity index (χ0n) is 18.7. The second-order valence-corrected chi connectivity index (χ2v) is 8.41. The highest BCUT2D eigenvalue weighted by molar-refractivity contribution is 5.76. The molecule has 0 unspecified atom stereocenters. The molecule has 0 spiro atoms. The van der Waals surface area contributed by atoms with Crippen molar-refractivity contribution in [3.63, 3.8) is 0 Å². The summed E-state index contributed by atoms with van der Waals surface area (Å²) in [4.78, 5) is 16.2. The van der Waals surface area contributed by atoms with Crippen LogP contribution < -0.4 is 10.2 Å². The van der Waals surface area contributed by atoms with Crippen LogP contribution in [0.2, 0.25) is 0 Å². The fraction of sp³-hybridized carbons (Fsp3) is 0.500. The van der Waals surface area contributed by atoms with Gasteiger partial charge in [0.2, 0.25) is 5.91 Å². The van der Waals surface area contributed by atoms with Gasteiger partial charge in [0.25, 0.3) is 0 Å². The van der Waals surface area contributed by atoms with E-state index in [0.29, 0.717) is 6.42 Å². The number of carbonyl (C=O) groups excluding carboxylic acids is 1. The van der Waals surface area contributed by atoms with E-state index in [4.69, 9.17) is 0 Å². The quantitative estimate of drug-likeness (QED) is 0.784. The van der Waals surface area contributed by atoms with Crippen LogP contribution in [-0.4, -0.2) is 51.1 Å². The number of likely N-dealkylation sites (tertiary alicyclic amines) is 1. The van der Waals surface area contributed by atoms with E-state index < -0.39 is 0 Å². The van der Waals surface area contributed by atoms with Gasteiger partial charge in [-0.3, -0.25) is 4.79 Å². The van der Waals surface area contributed by atoms with Crippen LogP contribution in [0, 0.1) is 0 Å². The summed E-state index contributed by atoms with van der Waals surface area (Å²) in [6.07, 6.45) is 7.79. The summed E-state index contributed by atoms with van der Waals surface area (Å²) in [6, 6.07) is 17.2. The Kier molecular flexibility index (Phi) is 8.76. The van der Waals surface area contributed by atoms with Crippen molar-refractivity contribution in [3.05, 3.63) is 65.2 Å². The van der Waals surface area contributed by atoms with Crippen molar-refractivity contribution in [1.29, 1.82) is 0 Å². The van der Waals surface area contributed by atoms with Gasteiger partial charge in [-0.2, -0.15) is 0 Å². The highest BCUT2D eigenvalue weighted by Crippen LogP contribution is 2.30. The lowest BCUT2D eigenvalue weighted by molar-refractivity contribution is -0.120. The SMILES string of the molecule is CNC(=O)CCc1cccc2c1N(C)CCC2.c1ccc(CCN2CCCC2)cc1. The Labute approximate surface area is 182 Å². The number of fused-ring (bicyclic) bond motifs is 1. The van der Waals surface area contributed by atoms with Crippen molar-refractivity contribution in [2.75, 3.05) is 45.2 Å². The fourth-order valence-corrected chi connectivity index (χ4v) is 4.47. The maximum Gasteiger partial charge on any atom is 0.220 e. The zero-order chi connectivity index (χ0) is 21.2. The predicted octanol–water partition coefficient (Wildman–Crippen LogP) is 4.07. The molecule has 30 heavy (non-hydrogen) atoms. The van der Waals surface area contributed by atoms with Crippen LogP contribution in [0.15, 0.2) is 48.5 Å². The molecule has 2 aromatic rings. The molecule has 4 rings (SSSR count). The first-order valence-corrected chi connectivity index (χ1v) is 11.5. The van der Waals surface area contributed by atoms with Gasteiger partial charge in [0.05, 0.1) is 0 Å². The molecule has 4 heteroatoms. The summed E-state index contributed by atoms with van der Waals surface area (Å²) >= 11 is 0. The second kappa shape index (κ2) is 11.8. The monoisotopic (exact) mass is 407 g/mol. The Morgan fingerprint density at radius 2 is 1.70 bits per heavy atom. The number of hydrogen-bond acceptors (Lipinski definition) is 3. The van der Waals surface area contributed by atoms with E-state index in [2.05, 4.69) is 70.7 Å². The number of amides is 1. The molecule has 0 aromatic heterocycles. The number of para-hydroxylation sites is 1. The molecule has 1 N–H and O–H groups in total. The lowest BCUT2D eigenvalue weighted by atomic mass is 9.96. The van der Waals surface area contributed by atoms with Gasteiger partial charge in [0, 0.05) is 39.3 Å². The van der Waals surface area contributed by atoms with Crippen LogP contribution >= 0.6 is 0 Å². The summed E-state index contributed by atoms with van der Waals surface area (Å²) in [5.74, 6) is 0.112. The van der Waals surface area contributed by atoms with Gasteiger partial charge in [-0.05, 0) is 68.3 Å². The van der Waals surface area contributed by atoms with Crippen LogP contribution in [0.4, 0.5) is 5.69 Å². The molecule has 0 aliphatic carbocycles. The molecule has 2 aromatic carbocycles. The third-order valence-electron chi connectivity index (χ3n) is 6.18. The van der Waals surface area contributed by atoms with Gasteiger partial charge in [-0.1, -0.05) is 48.5 Å². The minimum absolute atomic E-state index is 0.112. The number of anilines is 1. The number of carbonyl (C=O) groups is 1. The maximum absolute atomic E-state index is 11.3. The number of nitrogens with one attached hydrogen (secondary N) is 1. The molecule has 2 aliphatic rings. The Balaban J connectivity index is 0.000000177. The average Bonchev–Trinajstić information content (AvgIpc) is 3.31. The lowest BCUT2D eigenvalue weighted by Crippen LogP contribution is -2.26. The Bertz CT molecular complexity index is 784. The van der Waals surface area contributed by atoms with E-state index in [1.807, 2.05) is 0 Å². The standard InChI is InChI=1S/C14H20N2O.C12H17N/c1-15-13(17)9-8-12-6-3-5-11-7-4-10-16(2)14(11)12;1-2-6-12(7-3-1)8-11-13-9-4-5-10-13/h3,5-6H,4,7-10H2,1-2H3,(H,15,17);1-3,6-7H,4-5,8-11H2. The van der Waals surface area contributed by atoms with Gasteiger partial charge in [0.1, 0.15) is 0 Å². The number of hydrogen-bond donors (Lipinski definition) is 1. The molecule has 2 aliphatic heterocycles. The van der Waals surface area contributed by atoms with Crippen LogP contribution in [0.5, 0.6) is 0 Å². The van der Waals surface area contributed by atoms with Crippen molar-refractivity contribution < 1.29 is 4.79 Å². The van der Waals surface area contributed by atoms with Gasteiger partial charge < -0.3 is 15.1 Å². The number of nitrogens with zero attached hydrogens (tertiary/aromatic N) is 2. The smallest absolute Gasteiger partial charge is 0.220 e.